The molecule has 2 N–H and O–H groups in total. The van der Waals surface area contributed by atoms with E-state index in [1.165, 1.54) is 56.5 Å². The summed E-state index contributed by atoms with van der Waals surface area (Å²) in [7, 11) is 0. The Balaban J connectivity index is 1.60. The summed E-state index contributed by atoms with van der Waals surface area (Å²) in [6.07, 6.45) is 8.30. The summed E-state index contributed by atoms with van der Waals surface area (Å²) in [5.74, 6) is 0.848. The van der Waals surface area contributed by atoms with Crippen LogP contribution in [0.1, 0.15) is 43.0 Å². The topological polar surface area (TPSA) is 37.0 Å². The molecule has 1 atom stereocenters. The quantitative estimate of drug-likeness (QED) is 0.856. The number of hydrogen-bond acceptors (Lipinski definition) is 3. The first-order chi connectivity index (χ1) is 8.93. The molecule has 0 amide bonds. The van der Waals surface area contributed by atoms with Crippen molar-refractivity contribution in [2.24, 2.45) is 5.92 Å². The van der Waals surface area contributed by atoms with Gasteiger partial charge in [0, 0.05) is 12.2 Å². The number of rotatable bonds is 3. The van der Waals surface area contributed by atoms with Crippen molar-refractivity contribution in [3.63, 3.8) is 0 Å². The van der Waals surface area contributed by atoms with Crippen LogP contribution >= 0.6 is 0 Å². The Bertz CT molecular complexity index is 385. The molecule has 1 saturated heterocycles. The number of fused-ring (bicyclic) bond motifs is 1. The van der Waals surface area contributed by atoms with Gasteiger partial charge in [-0.1, -0.05) is 6.07 Å². The third kappa shape index (κ3) is 2.73. The third-order valence-corrected chi connectivity index (χ3v) is 4.31. The van der Waals surface area contributed by atoms with Crippen molar-refractivity contribution in [1.82, 2.24) is 15.6 Å². The van der Waals surface area contributed by atoms with Crippen LogP contribution in [0, 0.1) is 5.92 Å². The monoisotopic (exact) mass is 245 g/mol. The maximum atomic E-state index is 4.59. The molecule has 1 unspecified atom stereocenters. The van der Waals surface area contributed by atoms with Crippen LogP contribution in [0.5, 0.6) is 0 Å². The van der Waals surface area contributed by atoms with Crippen molar-refractivity contribution in [2.45, 2.75) is 38.1 Å². The predicted octanol–water partition coefficient (Wildman–Crippen LogP) is 2.05. The maximum Gasteiger partial charge on any atom is 0.0605 e. The Kier molecular flexibility index (Phi) is 3.91. The van der Waals surface area contributed by atoms with Gasteiger partial charge in [-0.05, 0) is 69.3 Å². The molecule has 1 aromatic heterocycles. The largest absolute Gasteiger partial charge is 0.317 e. The van der Waals surface area contributed by atoms with Gasteiger partial charge in [0.25, 0.3) is 0 Å². The summed E-state index contributed by atoms with van der Waals surface area (Å²) < 4.78 is 0. The molecule has 0 bridgehead atoms. The number of pyridine rings is 1. The smallest absolute Gasteiger partial charge is 0.0605 e. The zero-order chi connectivity index (χ0) is 12.2. The number of aryl methyl sites for hydroxylation is 1. The molecule has 0 aromatic carbocycles. The van der Waals surface area contributed by atoms with Crippen molar-refractivity contribution >= 4 is 0 Å². The first kappa shape index (κ1) is 12.1. The van der Waals surface area contributed by atoms with Gasteiger partial charge in [-0.25, -0.2) is 0 Å². The minimum Gasteiger partial charge on any atom is -0.317 e. The molecule has 0 radical (unpaired) electrons. The normalized spacial score (nSPS) is 24.8. The number of nitrogens with zero attached hydrogens (tertiary/aromatic N) is 1. The highest BCUT2D eigenvalue weighted by Crippen LogP contribution is 2.28. The van der Waals surface area contributed by atoms with Gasteiger partial charge < -0.3 is 10.6 Å². The van der Waals surface area contributed by atoms with Gasteiger partial charge in [0.2, 0.25) is 0 Å². The molecule has 98 valence electrons. The van der Waals surface area contributed by atoms with E-state index in [-0.39, 0.29) is 0 Å². The summed E-state index contributed by atoms with van der Waals surface area (Å²) in [4.78, 5) is 4.59. The lowest BCUT2D eigenvalue weighted by molar-refractivity contribution is 0.328. The molecule has 3 rings (SSSR count). The zero-order valence-corrected chi connectivity index (χ0v) is 11.0. The van der Waals surface area contributed by atoms with Gasteiger partial charge in [-0.15, -0.1) is 0 Å². The van der Waals surface area contributed by atoms with Crippen molar-refractivity contribution < 1.29 is 0 Å². The number of nitrogens with one attached hydrogen (secondary N) is 2. The minimum atomic E-state index is 0.491. The minimum absolute atomic E-state index is 0.491. The second-order valence-electron chi connectivity index (χ2n) is 5.59. The Morgan fingerprint density at radius 2 is 2.17 bits per heavy atom. The molecular weight excluding hydrogens is 222 g/mol. The van der Waals surface area contributed by atoms with E-state index in [4.69, 9.17) is 0 Å². The van der Waals surface area contributed by atoms with Crippen LogP contribution in [0.2, 0.25) is 0 Å². The molecule has 1 aromatic rings. The van der Waals surface area contributed by atoms with Gasteiger partial charge in [-0.2, -0.15) is 0 Å². The summed E-state index contributed by atoms with van der Waals surface area (Å²) in [6, 6.07) is 4.79. The van der Waals surface area contributed by atoms with Crippen LogP contribution in [-0.2, 0) is 6.42 Å². The van der Waals surface area contributed by atoms with Crippen LogP contribution in [0.4, 0.5) is 0 Å². The van der Waals surface area contributed by atoms with E-state index in [9.17, 15) is 0 Å². The zero-order valence-electron chi connectivity index (χ0n) is 11.0. The maximum absolute atomic E-state index is 4.59. The Morgan fingerprint density at radius 3 is 3.06 bits per heavy atom. The van der Waals surface area contributed by atoms with E-state index < -0.39 is 0 Å². The van der Waals surface area contributed by atoms with Crippen LogP contribution < -0.4 is 10.6 Å². The Labute approximate surface area is 109 Å². The molecule has 3 nitrogen and oxygen atoms in total. The summed E-state index contributed by atoms with van der Waals surface area (Å²) in [5, 5.41) is 7.19. The molecular formula is C15H23N3. The lowest BCUT2D eigenvalue weighted by Gasteiger charge is -2.29. The van der Waals surface area contributed by atoms with Gasteiger partial charge in [-0.3, -0.25) is 4.98 Å². The molecule has 0 spiro atoms. The van der Waals surface area contributed by atoms with Crippen LogP contribution in [-0.4, -0.2) is 24.6 Å². The van der Waals surface area contributed by atoms with Crippen molar-refractivity contribution in [1.29, 1.82) is 0 Å². The van der Waals surface area contributed by atoms with E-state index in [2.05, 4.69) is 27.8 Å². The highest BCUT2D eigenvalue weighted by Gasteiger charge is 2.22. The Hall–Kier alpha value is -0.930. The fraction of sp³-hybridized carbons (Fsp3) is 0.667. The molecule has 2 aliphatic rings. The van der Waals surface area contributed by atoms with E-state index in [0.717, 1.165) is 12.5 Å². The van der Waals surface area contributed by atoms with E-state index in [1.807, 2.05) is 6.20 Å². The van der Waals surface area contributed by atoms with Crippen LogP contribution in [0.3, 0.4) is 0 Å². The van der Waals surface area contributed by atoms with Gasteiger partial charge in [0.15, 0.2) is 0 Å². The third-order valence-electron chi connectivity index (χ3n) is 4.31. The molecule has 2 heterocycles. The molecule has 1 aliphatic heterocycles. The molecule has 1 aliphatic carbocycles. The first-order valence-corrected chi connectivity index (χ1v) is 7.31. The van der Waals surface area contributed by atoms with Crippen molar-refractivity contribution in [3.8, 4) is 0 Å². The highest BCUT2D eigenvalue weighted by molar-refractivity contribution is 5.25. The molecule has 18 heavy (non-hydrogen) atoms. The number of hydrogen-bond donors (Lipinski definition) is 2. The fourth-order valence-corrected chi connectivity index (χ4v) is 3.20. The van der Waals surface area contributed by atoms with Gasteiger partial charge in [0.05, 0.1) is 5.69 Å². The molecule has 1 fully saturated rings. The van der Waals surface area contributed by atoms with Crippen LogP contribution in [0.25, 0.3) is 0 Å². The van der Waals surface area contributed by atoms with E-state index >= 15 is 0 Å². The highest BCUT2D eigenvalue weighted by atomic mass is 15.0. The van der Waals surface area contributed by atoms with Crippen LogP contribution in [0.15, 0.2) is 18.3 Å². The first-order valence-electron chi connectivity index (χ1n) is 7.31. The Morgan fingerprint density at radius 1 is 1.28 bits per heavy atom. The second kappa shape index (κ2) is 5.81. The fourth-order valence-electron chi connectivity index (χ4n) is 3.20. The average molecular weight is 245 g/mol. The SMILES string of the molecule is c1cnc2c(c1)CCCC2NCC1CCNCC1. The number of piperidine rings is 1. The number of aromatic nitrogens is 1. The summed E-state index contributed by atoms with van der Waals surface area (Å²) >= 11 is 0. The average Bonchev–Trinajstić information content (AvgIpc) is 2.46. The summed E-state index contributed by atoms with van der Waals surface area (Å²) in [5.41, 5.74) is 2.75. The lowest BCUT2D eigenvalue weighted by Crippen LogP contribution is -2.36. The summed E-state index contributed by atoms with van der Waals surface area (Å²) in [6.45, 7) is 3.53. The van der Waals surface area contributed by atoms with Crippen molar-refractivity contribution in [3.05, 3.63) is 29.6 Å². The van der Waals surface area contributed by atoms with Gasteiger partial charge >= 0.3 is 0 Å². The second-order valence-corrected chi connectivity index (χ2v) is 5.59. The van der Waals surface area contributed by atoms with Gasteiger partial charge in [0.1, 0.15) is 0 Å². The lowest BCUT2D eigenvalue weighted by atomic mass is 9.91. The standard InChI is InChI=1S/C15H23N3/c1-3-13-4-2-8-17-15(13)14(5-1)18-11-12-6-9-16-10-7-12/h2,4,8,12,14,16,18H,1,3,5-7,9-11H2. The van der Waals surface area contributed by atoms with Crippen molar-refractivity contribution in [2.75, 3.05) is 19.6 Å². The predicted molar refractivity (Wildman–Crippen MR) is 73.5 cm³/mol. The molecule has 3 heteroatoms. The van der Waals surface area contributed by atoms with E-state index in [1.54, 1.807) is 0 Å². The van der Waals surface area contributed by atoms with E-state index in [0.29, 0.717) is 6.04 Å². The molecule has 0 saturated carbocycles.